The van der Waals surface area contributed by atoms with Gasteiger partial charge in [-0.3, -0.25) is 9.59 Å². The van der Waals surface area contributed by atoms with Crippen molar-refractivity contribution in [1.82, 2.24) is 10.2 Å². The van der Waals surface area contributed by atoms with E-state index in [1.165, 1.54) is 11.1 Å². The maximum Gasteiger partial charge on any atom is 0.407 e. The SMILES string of the molecule is CC(CCNC(=O)OCC1c2ccccc2-c2ccccc21)C(=O)N1CC2CC1C2C(=O)O. The third-order valence-electron chi connectivity index (χ3n) is 7.48. The monoisotopic (exact) mass is 448 g/mol. The van der Waals surface area contributed by atoms with E-state index in [1.54, 1.807) is 4.90 Å². The van der Waals surface area contributed by atoms with Crippen molar-refractivity contribution < 1.29 is 24.2 Å². The summed E-state index contributed by atoms with van der Waals surface area (Å²) in [5.41, 5.74) is 4.68. The fourth-order valence-corrected chi connectivity index (χ4v) is 5.69. The van der Waals surface area contributed by atoms with Gasteiger partial charge in [0.2, 0.25) is 5.91 Å². The van der Waals surface area contributed by atoms with Crippen molar-refractivity contribution in [3.8, 4) is 11.1 Å². The fourth-order valence-electron chi connectivity index (χ4n) is 5.69. The maximum absolute atomic E-state index is 12.7. The second-order valence-corrected chi connectivity index (χ2v) is 9.36. The lowest BCUT2D eigenvalue weighted by Crippen LogP contribution is -2.46. The highest BCUT2D eigenvalue weighted by atomic mass is 16.5. The Balaban J connectivity index is 1.10. The van der Waals surface area contributed by atoms with Crippen LogP contribution >= 0.6 is 0 Å². The van der Waals surface area contributed by atoms with Gasteiger partial charge in [0.15, 0.2) is 0 Å². The molecule has 2 N–H and O–H groups in total. The summed E-state index contributed by atoms with van der Waals surface area (Å²) in [7, 11) is 0. The van der Waals surface area contributed by atoms with Crippen molar-refractivity contribution in [2.75, 3.05) is 19.7 Å². The molecular weight excluding hydrogens is 420 g/mol. The number of hydrogen-bond acceptors (Lipinski definition) is 4. The Morgan fingerprint density at radius 2 is 1.73 bits per heavy atom. The Kier molecular flexibility index (Phi) is 5.56. The van der Waals surface area contributed by atoms with E-state index in [4.69, 9.17) is 4.74 Å². The first kappa shape index (κ1) is 21.5. The van der Waals surface area contributed by atoms with E-state index >= 15 is 0 Å². The van der Waals surface area contributed by atoms with Crippen LogP contribution in [0.25, 0.3) is 11.1 Å². The molecule has 172 valence electrons. The van der Waals surface area contributed by atoms with Crippen molar-refractivity contribution in [2.45, 2.75) is 31.7 Å². The summed E-state index contributed by atoms with van der Waals surface area (Å²) in [5, 5.41) is 12.0. The molecule has 7 heteroatoms. The van der Waals surface area contributed by atoms with E-state index in [0.29, 0.717) is 19.5 Å². The second kappa shape index (κ2) is 8.54. The molecule has 4 aliphatic rings. The van der Waals surface area contributed by atoms with Crippen molar-refractivity contribution in [3.63, 3.8) is 0 Å². The Labute approximate surface area is 192 Å². The van der Waals surface area contributed by atoms with Gasteiger partial charge in [0.05, 0.1) is 5.92 Å². The normalized spacial score (nSPS) is 23.3. The zero-order valence-electron chi connectivity index (χ0n) is 18.6. The van der Waals surface area contributed by atoms with Crippen LogP contribution in [-0.2, 0) is 14.3 Å². The fraction of sp³-hybridized carbons (Fsp3) is 0.423. The summed E-state index contributed by atoms with van der Waals surface area (Å²) in [4.78, 5) is 38.1. The van der Waals surface area contributed by atoms with Gasteiger partial charge < -0.3 is 20.1 Å². The van der Waals surface area contributed by atoms with Crippen LogP contribution in [0.1, 0.15) is 36.8 Å². The van der Waals surface area contributed by atoms with Crippen LogP contribution in [0.5, 0.6) is 0 Å². The van der Waals surface area contributed by atoms with Gasteiger partial charge in [-0.15, -0.1) is 0 Å². The van der Waals surface area contributed by atoms with Crippen molar-refractivity contribution in [3.05, 3.63) is 59.7 Å². The Morgan fingerprint density at radius 1 is 1.09 bits per heavy atom. The number of carboxylic acids is 1. The zero-order chi connectivity index (χ0) is 23.1. The summed E-state index contributed by atoms with van der Waals surface area (Å²) < 4.78 is 5.54. The molecule has 2 aliphatic carbocycles. The number of nitrogens with one attached hydrogen (secondary N) is 1. The number of aliphatic carboxylic acids is 1. The molecule has 0 radical (unpaired) electrons. The number of amides is 2. The van der Waals surface area contributed by atoms with Gasteiger partial charge in [0, 0.05) is 31.0 Å². The number of carbonyl (C=O) groups excluding carboxylic acids is 2. The molecule has 33 heavy (non-hydrogen) atoms. The zero-order valence-corrected chi connectivity index (χ0v) is 18.6. The van der Waals surface area contributed by atoms with Crippen LogP contribution in [0.15, 0.2) is 48.5 Å². The standard InChI is InChI=1S/C26H28N2O5/c1-15(24(29)28-13-16-12-22(28)23(16)25(30)31)10-11-27-26(32)33-14-21-19-8-4-2-6-17(19)18-7-3-5-9-20(18)21/h2-9,15-16,21-23H,10-14H2,1H3,(H,27,32)(H,30,31). The smallest absolute Gasteiger partial charge is 0.407 e. The molecule has 4 atom stereocenters. The van der Waals surface area contributed by atoms with Gasteiger partial charge in [-0.25, -0.2) is 4.79 Å². The molecule has 6 rings (SSSR count). The number of rotatable bonds is 7. The number of benzene rings is 2. The molecule has 7 nitrogen and oxygen atoms in total. The van der Waals surface area contributed by atoms with Crippen LogP contribution in [-0.4, -0.2) is 53.7 Å². The summed E-state index contributed by atoms with van der Waals surface area (Å²) in [5.74, 6) is -1.44. The highest BCUT2D eigenvalue weighted by Gasteiger charge is 2.57. The maximum atomic E-state index is 12.7. The minimum atomic E-state index is -0.809. The third-order valence-corrected chi connectivity index (χ3v) is 7.48. The number of ether oxygens (including phenoxy) is 1. The molecule has 2 amide bonds. The highest BCUT2D eigenvalue weighted by molar-refractivity contribution is 5.83. The van der Waals surface area contributed by atoms with Gasteiger partial charge >= 0.3 is 12.1 Å². The molecule has 2 saturated heterocycles. The molecular formula is C26H28N2O5. The van der Waals surface area contributed by atoms with Gasteiger partial charge in [-0.05, 0) is 41.0 Å². The Bertz CT molecular complexity index is 1050. The summed E-state index contributed by atoms with van der Waals surface area (Å²) >= 11 is 0. The number of carboxylic acid groups (broad SMARTS) is 1. The van der Waals surface area contributed by atoms with E-state index in [1.807, 2.05) is 31.2 Å². The average Bonchev–Trinajstić information content (AvgIpc) is 3.48. The first-order chi connectivity index (χ1) is 16.0. The molecule has 2 aliphatic heterocycles. The van der Waals surface area contributed by atoms with Crippen LogP contribution < -0.4 is 5.32 Å². The Morgan fingerprint density at radius 3 is 2.33 bits per heavy atom. The van der Waals surface area contributed by atoms with Crippen LogP contribution in [0.4, 0.5) is 4.79 Å². The molecule has 0 spiro atoms. The average molecular weight is 449 g/mol. The Hall–Kier alpha value is -3.35. The lowest BCUT2D eigenvalue weighted by Gasteiger charge is -2.33. The first-order valence-electron chi connectivity index (χ1n) is 11.6. The topological polar surface area (TPSA) is 95.9 Å². The molecule has 3 fully saturated rings. The largest absolute Gasteiger partial charge is 0.481 e. The number of hydrogen-bond donors (Lipinski definition) is 2. The number of alkyl carbamates (subject to hydrolysis) is 1. The van der Waals surface area contributed by atoms with E-state index in [-0.39, 0.29) is 36.3 Å². The second-order valence-electron chi connectivity index (χ2n) is 9.36. The quantitative estimate of drug-likeness (QED) is 0.676. The highest BCUT2D eigenvalue weighted by Crippen LogP contribution is 2.47. The van der Waals surface area contributed by atoms with Crippen molar-refractivity contribution >= 4 is 18.0 Å². The van der Waals surface area contributed by atoms with Gasteiger partial charge in [-0.1, -0.05) is 55.5 Å². The van der Waals surface area contributed by atoms with Crippen molar-refractivity contribution in [1.29, 1.82) is 0 Å². The molecule has 2 heterocycles. The molecule has 2 aromatic rings. The van der Waals surface area contributed by atoms with Crippen LogP contribution in [0.2, 0.25) is 0 Å². The predicted molar refractivity (Wildman–Crippen MR) is 122 cm³/mol. The third kappa shape index (κ3) is 3.75. The summed E-state index contributed by atoms with van der Waals surface area (Å²) in [6, 6.07) is 16.2. The molecule has 2 aromatic carbocycles. The van der Waals surface area contributed by atoms with Gasteiger partial charge in [0.1, 0.15) is 6.61 Å². The molecule has 1 saturated carbocycles. The van der Waals surface area contributed by atoms with Crippen LogP contribution in [0, 0.1) is 17.8 Å². The molecule has 2 bridgehead atoms. The van der Waals surface area contributed by atoms with Gasteiger partial charge in [0.25, 0.3) is 0 Å². The number of carbonyl (C=O) groups is 3. The molecule has 0 aromatic heterocycles. The molecule has 4 unspecified atom stereocenters. The van der Waals surface area contributed by atoms with Crippen molar-refractivity contribution in [2.24, 2.45) is 17.8 Å². The number of nitrogens with zero attached hydrogens (tertiary/aromatic N) is 1. The first-order valence-corrected chi connectivity index (χ1v) is 11.6. The number of fused-ring (bicyclic) bond motifs is 4. The van der Waals surface area contributed by atoms with E-state index in [9.17, 15) is 19.5 Å². The predicted octanol–water partition coefficient (Wildman–Crippen LogP) is 3.48. The lowest BCUT2D eigenvalue weighted by atomic mass is 9.74. The minimum absolute atomic E-state index is 0.00693. The van der Waals surface area contributed by atoms with E-state index in [0.717, 1.165) is 17.5 Å². The lowest BCUT2D eigenvalue weighted by molar-refractivity contribution is -0.148. The summed E-state index contributed by atoms with van der Waals surface area (Å²) in [6.45, 7) is 2.94. The minimum Gasteiger partial charge on any atom is -0.481 e. The van der Waals surface area contributed by atoms with Crippen LogP contribution in [0.3, 0.4) is 0 Å². The summed E-state index contributed by atoms with van der Waals surface area (Å²) in [6.07, 6.45) is 0.771. The van der Waals surface area contributed by atoms with E-state index in [2.05, 4.69) is 29.6 Å². The van der Waals surface area contributed by atoms with E-state index < -0.39 is 18.0 Å². The van der Waals surface area contributed by atoms with Gasteiger partial charge in [-0.2, -0.15) is 0 Å².